The molecule has 1 amide bonds. The van der Waals surface area contributed by atoms with Gasteiger partial charge in [-0.1, -0.05) is 64.5 Å². The van der Waals surface area contributed by atoms with Gasteiger partial charge in [-0.25, -0.2) is 0 Å². The topological polar surface area (TPSA) is 20.3 Å². The van der Waals surface area contributed by atoms with E-state index in [1.165, 1.54) is 11.1 Å². The van der Waals surface area contributed by atoms with Gasteiger partial charge in [-0.05, 0) is 29.5 Å². The summed E-state index contributed by atoms with van der Waals surface area (Å²) in [6.45, 7) is 0.815. The Kier molecular flexibility index (Phi) is 4.39. The second-order valence-corrected chi connectivity index (χ2v) is 6.17. The van der Waals surface area contributed by atoms with Crippen molar-refractivity contribution in [1.29, 1.82) is 0 Å². The number of hydrogen-bond acceptors (Lipinski definition) is 1. The maximum absolute atomic E-state index is 12.3. The summed E-state index contributed by atoms with van der Waals surface area (Å²) in [5, 5.41) is 0.885. The first-order valence-electron chi connectivity index (χ1n) is 7.26. The first-order chi connectivity index (χ1) is 10.3. The first-order valence-corrected chi connectivity index (χ1v) is 8.38. The van der Waals surface area contributed by atoms with Crippen molar-refractivity contribution in [3.8, 4) is 0 Å². The lowest BCUT2D eigenvalue weighted by atomic mass is 10.0. The van der Waals surface area contributed by atoms with Crippen molar-refractivity contribution in [2.75, 3.05) is 16.8 Å². The minimum absolute atomic E-state index is 0.236. The molecule has 0 radical (unpaired) electrons. The van der Waals surface area contributed by atoms with Crippen LogP contribution in [0.25, 0.3) is 0 Å². The van der Waals surface area contributed by atoms with Crippen molar-refractivity contribution in [2.45, 2.75) is 12.8 Å². The lowest BCUT2D eigenvalue weighted by Gasteiger charge is -2.20. The predicted molar refractivity (Wildman–Crippen MR) is 89.9 cm³/mol. The molecule has 1 fully saturated rings. The van der Waals surface area contributed by atoms with Crippen molar-refractivity contribution < 1.29 is 4.79 Å². The molecule has 1 heterocycles. The van der Waals surface area contributed by atoms with Crippen molar-refractivity contribution in [3.63, 3.8) is 0 Å². The number of alkyl halides is 1. The zero-order valence-corrected chi connectivity index (χ0v) is 13.4. The van der Waals surface area contributed by atoms with Crippen LogP contribution in [0.2, 0.25) is 0 Å². The van der Waals surface area contributed by atoms with Crippen molar-refractivity contribution in [1.82, 2.24) is 0 Å². The van der Waals surface area contributed by atoms with Crippen molar-refractivity contribution in [3.05, 3.63) is 65.7 Å². The van der Waals surface area contributed by atoms with Gasteiger partial charge in [0.05, 0.1) is 0 Å². The minimum atomic E-state index is 0.236. The zero-order valence-electron chi connectivity index (χ0n) is 11.8. The van der Waals surface area contributed by atoms with Crippen LogP contribution in [0.1, 0.15) is 17.5 Å². The minimum Gasteiger partial charge on any atom is -0.312 e. The molecular formula is C18H18BrNO. The summed E-state index contributed by atoms with van der Waals surface area (Å²) in [4.78, 5) is 14.2. The number of hydrogen-bond donors (Lipinski definition) is 0. The van der Waals surface area contributed by atoms with Gasteiger partial charge in [0.25, 0.3) is 0 Å². The molecule has 2 aromatic carbocycles. The monoisotopic (exact) mass is 343 g/mol. The third kappa shape index (κ3) is 3.18. The smallest absolute Gasteiger partial charge is 0.227 e. The Labute approximate surface area is 133 Å². The molecule has 0 bridgehead atoms. The SMILES string of the molecule is O=C1CC(CBr)CN1c1ccccc1Cc1ccccc1. The predicted octanol–water partition coefficient (Wildman–Crippen LogP) is 4.03. The van der Waals surface area contributed by atoms with E-state index in [4.69, 9.17) is 0 Å². The maximum Gasteiger partial charge on any atom is 0.227 e. The molecule has 1 unspecified atom stereocenters. The first kappa shape index (κ1) is 14.3. The Balaban J connectivity index is 1.88. The molecule has 0 N–H and O–H groups in total. The van der Waals surface area contributed by atoms with Crippen LogP contribution in [0.5, 0.6) is 0 Å². The summed E-state index contributed by atoms with van der Waals surface area (Å²) >= 11 is 3.50. The summed E-state index contributed by atoms with van der Waals surface area (Å²) in [6, 6.07) is 18.6. The Bertz CT molecular complexity index is 626. The molecule has 0 aromatic heterocycles. The molecule has 1 aliphatic rings. The van der Waals surface area contributed by atoms with Gasteiger partial charge in [-0.2, -0.15) is 0 Å². The fourth-order valence-corrected chi connectivity index (χ4v) is 3.29. The third-order valence-corrected chi connectivity index (χ3v) is 4.86. The number of amides is 1. The van der Waals surface area contributed by atoms with Crippen LogP contribution in [-0.4, -0.2) is 17.8 Å². The molecule has 0 saturated carbocycles. The molecule has 3 heteroatoms. The van der Waals surface area contributed by atoms with Gasteiger partial charge < -0.3 is 4.90 Å². The van der Waals surface area contributed by atoms with Crippen LogP contribution < -0.4 is 4.90 Å². The lowest BCUT2D eigenvalue weighted by Crippen LogP contribution is -2.25. The molecule has 0 spiro atoms. The quantitative estimate of drug-likeness (QED) is 0.767. The Morgan fingerprint density at radius 3 is 2.48 bits per heavy atom. The summed E-state index contributed by atoms with van der Waals surface area (Å²) in [7, 11) is 0. The Morgan fingerprint density at radius 1 is 1.05 bits per heavy atom. The highest BCUT2D eigenvalue weighted by Gasteiger charge is 2.30. The second kappa shape index (κ2) is 6.44. The Morgan fingerprint density at radius 2 is 1.76 bits per heavy atom. The van der Waals surface area contributed by atoms with E-state index in [1.54, 1.807) is 0 Å². The van der Waals surface area contributed by atoms with E-state index in [1.807, 2.05) is 23.1 Å². The molecule has 1 saturated heterocycles. The molecule has 2 nitrogen and oxygen atoms in total. The molecular weight excluding hydrogens is 326 g/mol. The summed E-state index contributed by atoms with van der Waals surface area (Å²) in [5.74, 6) is 0.655. The van der Waals surface area contributed by atoms with Crippen LogP contribution in [-0.2, 0) is 11.2 Å². The average molecular weight is 344 g/mol. The van der Waals surface area contributed by atoms with E-state index in [0.29, 0.717) is 12.3 Å². The molecule has 108 valence electrons. The largest absolute Gasteiger partial charge is 0.312 e. The van der Waals surface area contributed by atoms with E-state index in [-0.39, 0.29) is 5.91 Å². The highest BCUT2D eigenvalue weighted by Crippen LogP contribution is 2.30. The summed E-state index contributed by atoms with van der Waals surface area (Å²) < 4.78 is 0. The fourth-order valence-electron chi connectivity index (χ4n) is 2.86. The number of anilines is 1. The number of carbonyl (C=O) groups is 1. The van der Waals surface area contributed by atoms with Crippen molar-refractivity contribution >= 4 is 27.5 Å². The van der Waals surface area contributed by atoms with Gasteiger partial charge in [0.2, 0.25) is 5.91 Å². The van der Waals surface area contributed by atoms with Crippen molar-refractivity contribution in [2.24, 2.45) is 5.92 Å². The van der Waals surface area contributed by atoms with E-state index in [0.717, 1.165) is 24.0 Å². The van der Waals surface area contributed by atoms with Crippen LogP contribution in [0.15, 0.2) is 54.6 Å². The molecule has 1 aliphatic heterocycles. The van der Waals surface area contributed by atoms with Gasteiger partial charge in [-0.15, -0.1) is 0 Å². The van der Waals surface area contributed by atoms with Gasteiger partial charge >= 0.3 is 0 Å². The number of carbonyl (C=O) groups excluding carboxylic acids is 1. The third-order valence-electron chi connectivity index (χ3n) is 3.94. The number of rotatable bonds is 4. The average Bonchev–Trinajstić information content (AvgIpc) is 2.90. The van der Waals surface area contributed by atoms with E-state index in [2.05, 4.69) is 52.3 Å². The lowest BCUT2D eigenvalue weighted by molar-refractivity contribution is -0.117. The van der Waals surface area contributed by atoms with Gasteiger partial charge in [0.15, 0.2) is 0 Å². The number of halogens is 1. The molecule has 1 atom stereocenters. The highest BCUT2D eigenvalue weighted by atomic mass is 79.9. The van der Waals surface area contributed by atoms with Crippen LogP contribution in [0.3, 0.4) is 0 Å². The highest BCUT2D eigenvalue weighted by molar-refractivity contribution is 9.09. The van der Waals surface area contributed by atoms with Crippen LogP contribution in [0, 0.1) is 5.92 Å². The maximum atomic E-state index is 12.3. The normalized spacial score (nSPS) is 18.2. The number of benzene rings is 2. The Hall–Kier alpha value is -1.61. The molecule has 21 heavy (non-hydrogen) atoms. The molecule has 3 rings (SSSR count). The number of nitrogens with zero attached hydrogens (tertiary/aromatic N) is 1. The standard InChI is InChI=1S/C18H18BrNO/c19-12-15-11-18(21)20(13-15)17-9-5-4-8-16(17)10-14-6-2-1-3-7-14/h1-9,15H,10-13H2. The molecule has 0 aliphatic carbocycles. The fraction of sp³-hybridized carbons (Fsp3) is 0.278. The van der Waals surface area contributed by atoms with Crippen LogP contribution >= 0.6 is 15.9 Å². The second-order valence-electron chi connectivity index (χ2n) is 5.52. The van der Waals surface area contributed by atoms with Gasteiger partial charge in [0.1, 0.15) is 0 Å². The van der Waals surface area contributed by atoms with E-state index in [9.17, 15) is 4.79 Å². The number of para-hydroxylation sites is 1. The zero-order chi connectivity index (χ0) is 14.7. The van der Waals surface area contributed by atoms with Crippen LogP contribution in [0.4, 0.5) is 5.69 Å². The summed E-state index contributed by atoms with van der Waals surface area (Å²) in [6.07, 6.45) is 1.50. The van der Waals surface area contributed by atoms with Gasteiger partial charge in [-0.3, -0.25) is 4.79 Å². The van der Waals surface area contributed by atoms with E-state index < -0.39 is 0 Å². The van der Waals surface area contributed by atoms with E-state index >= 15 is 0 Å². The molecule has 2 aromatic rings. The van der Waals surface area contributed by atoms with Gasteiger partial charge in [0, 0.05) is 24.0 Å². The summed E-state index contributed by atoms with van der Waals surface area (Å²) in [5.41, 5.74) is 3.55.